The van der Waals surface area contributed by atoms with Crippen molar-refractivity contribution in [1.29, 1.82) is 0 Å². The van der Waals surface area contributed by atoms with Gasteiger partial charge in [-0.25, -0.2) is 0 Å². The highest BCUT2D eigenvalue weighted by Gasteiger charge is 2.46. The lowest BCUT2D eigenvalue weighted by molar-refractivity contribution is -0.146. The molecule has 4 nitrogen and oxygen atoms in total. The number of hydrogen-bond donors (Lipinski definition) is 1. The Bertz CT molecular complexity index is 344. The van der Waals surface area contributed by atoms with E-state index < -0.39 is 0 Å². The van der Waals surface area contributed by atoms with Crippen molar-refractivity contribution in [3.05, 3.63) is 0 Å². The molecule has 1 amide bonds. The van der Waals surface area contributed by atoms with Gasteiger partial charge in [0.05, 0.1) is 6.61 Å². The minimum Gasteiger partial charge on any atom is -0.383 e. The number of ether oxygens (including phenoxy) is 1. The quantitative estimate of drug-likeness (QED) is 0.820. The van der Waals surface area contributed by atoms with Gasteiger partial charge in [0.15, 0.2) is 0 Å². The maximum Gasteiger partial charge on any atom is 0.226 e. The number of rotatable bonds is 6. The minimum atomic E-state index is -0.0481. The smallest absolute Gasteiger partial charge is 0.226 e. The summed E-state index contributed by atoms with van der Waals surface area (Å²) in [6.45, 7) is 12.1. The number of amides is 1. The fourth-order valence-electron chi connectivity index (χ4n) is 3.45. The Balaban J connectivity index is 2.91. The van der Waals surface area contributed by atoms with E-state index in [1.165, 1.54) is 0 Å². The molecule has 0 radical (unpaired) electrons. The molecule has 0 spiro atoms. The summed E-state index contributed by atoms with van der Waals surface area (Å²) in [5.41, 5.74) is 6.17. The van der Waals surface area contributed by atoms with E-state index in [0.717, 1.165) is 19.3 Å². The zero-order valence-corrected chi connectivity index (χ0v) is 14.7. The van der Waals surface area contributed by atoms with E-state index in [1.54, 1.807) is 7.11 Å². The van der Waals surface area contributed by atoms with Gasteiger partial charge in [-0.15, -0.1) is 0 Å². The molecule has 1 aliphatic carbocycles. The zero-order valence-electron chi connectivity index (χ0n) is 14.7. The summed E-state index contributed by atoms with van der Waals surface area (Å²) in [6.07, 6.45) is 2.81. The zero-order chi connectivity index (χ0) is 16.2. The van der Waals surface area contributed by atoms with Crippen LogP contribution in [-0.4, -0.2) is 43.2 Å². The third kappa shape index (κ3) is 3.98. The highest BCUT2D eigenvalue weighted by atomic mass is 16.5. The van der Waals surface area contributed by atoms with E-state index in [0.29, 0.717) is 19.1 Å². The molecule has 0 aromatic carbocycles. The Morgan fingerprint density at radius 1 is 1.43 bits per heavy atom. The molecule has 0 aromatic heterocycles. The molecule has 21 heavy (non-hydrogen) atoms. The number of nitrogens with two attached hydrogens (primary N) is 1. The first-order chi connectivity index (χ1) is 9.77. The van der Waals surface area contributed by atoms with Gasteiger partial charge in [-0.1, -0.05) is 27.7 Å². The summed E-state index contributed by atoms with van der Waals surface area (Å²) in [4.78, 5) is 15.1. The van der Waals surface area contributed by atoms with E-state index in [1.807, 2.05) is 4.90 Å². The summed E-state index contributed by atoms with van der Waals surface area (Å²) in [5, 5.41) is 0. The fourth-order valence-corrected chi connectivity index (χ4v) is 3.45. The Hall–Kier alpha value is -0.610. The van der Waals surface area contributed by atoms with Crippen LogP contribution in [0.15, 0.2) is 0 Å². The standard InChI is InChI=1S/C17H34N2O2/c1-7-12(2)19(10-11-21-6)16(20)14-8-9-15(18)13(3)17(14,4)5/h12-15H,7-11,18H2,1-6H3. The topological polar surface area (TPSA) is 55.6 Å². The number of carbonyl (C=O) groups excluding carboxylic acids is 1. The lowest BCUT2D eigenvalue weighted by Crippen LogP contribution is -2.54. The molecule has 0 aliphatic heterocycles. The van der Waals surface area contributed by atoms with Crippen LogP contribution >= 0.6 is 0 Å². The number of nitrogens with zero attached hydrogens (tertiary/aromatic N) is 1. The molecule has 0 saturated heterocycles. The van der Waals surface area contributed by atoms with E-state index in [4.69, 9.17) is 10.5 Å². The molecule has 4 atom stereocenters. The van der Waals surface area contributed by atoms with Crippen molar-refractivity contribution in [2.75, 3.05) is 20.3 Å². The molecule has 0 heterocycles. The Morgan fingerprint density at radius 2 is 2.05 bits per heavy atom. The maximum atomic E-state index is 13.1. The predicted octanol–water partition coefficient (Wildman–Crippen LogP) is 2.66. The molecule has 0 aromatic rings. The molecule has 1 saturated carbocycles. The van der Waals surface area contributed by atoms with Crippen LogP contribution in [0.25, 0.3) is 0 Å². The summed E-state index contributed by atoms with van der Waals surface area (Å²) >= 11 is 0. The predicted molar refractivity (Wildman–Crippen MR) is 87.0 cm³/mol. The Kier molecular flexibility index (Phi) is 6.67. The van der Waals surface area contributed by atoms with Crippen LogP contribution in [0.4, 0.5) is 0 Å². The third-order valence-electron chi connectivity index (χ3n) is 5.74. The normalized spacial score (nSPS) is 30.0. The Labute approximate surface area is 130 Å². The van der Waals surface area contributed by atoms with E-state index in [2.05, 4.69) is 34.6 Å². The van der Waals surface area contributed by atoms with E-state index in [-0.39, 0.29) is 29.3 Å². The second-order valence-corrected chi connectivity index (χ2v) is 7.19. The summed E-state index contributed by atoms with van der Waals surface area (Å²) in [5.74, 6) is 0.713. The first-order valence-corrected chi connectivity index (χ1v) is 8.32. The first kappa shape index (κ1) is 18.4. The van der Waals surface area contributed by atoms with Crippen LogP contribution in [0.1, 0.15) is 53.9 Å². The second kappa shape index (κ2) is 7.59. The fraction of sp³-hybridized carbons (Fsp3) is 0.941. The monoisotopic (exact) mass is 298 g/mol. The molecule has 4 heteroatoms. The van der Waals surface area contributed by atoms with Crippen molar-refractivity contribution in [2.45, 2.75) is 66.0 Å². The average molecular weight is 298 g/mol. The lowest BCUT2D eigenvalue weighted by atomic mass is 9.60. The van der Waals surface area contributed by atoms with Gasteiger partial charge in [-0.2, -0.15) is 0 Å². The van der Waals surface area contributed by atoms with Crippen LogP contribution in [0.5, 0.6) is 0 Å². The van der Waals surface area contributed by atoms with Crippen molar-refractivity contribution in [2.24, 2.45) is 23.0 Å². The number of carbonyl (C=O) groups is 1. The van der Waals surface area contributed by atoms with Crippen LogP contribution in [-0.2, 0) is 9.53 Å². The summed E-state index contributed by atoms with van der Waals surface area (Å²) < 4.78 is 5.18. The molecule has 4 unspecified atom stereocenters. The van der Waals surface area contributed by atoms with Gasteiger partial charge in [-0.05, 0) is 37.5 Å². The SMILES string of the molecule is CCC(C)N(CCOC)C(=O)C1CCC(N)C(C)C1(C)C. The van der Waals surface area contributed by atoms with Gasteiger partial charge in [-0.3, -0.25) is 4.79 Å². The average Bonchev–Trinajstić information content (AvgIpc) is 2.44. The molecule has 1 rings (SSSR count). The van der Waals surface area contributed by atoms with Gasteiger partial charge < -0.3 is 15.4 Å². The minimum absolute atomic E-state index is 0.0481. The molecule has 2 N–H and O–H groups in total. The highest BCUT2D eigenvalue weighted by Crippen LogP contribution is 2.45. The van der Waals surface area contributed by atoms with Gasteiger partial charge in [0.2, 0.25) is 5.91 Å². The van der Waals surface area contributed by atoms with Crippen LogP contribution in [0.2, 0.25) is 0 Å². The van der Waals surface area contributed by atoms with Crippen LogP contribution < -0.4 is 5.73 Å². The highest BCUT2D eigenvalue weighted by molar-refractivity contribution is 5.80. The van der Waals surface area contributed by atoms with Crippen molar-refractivity contribution < 1.29 is 9.53 Å². The van der Waals surface area contributed by atoms with Crippen molar-refractivity contribution in [3.8, 4) is 0 Å². The maximum absolute atomic E-state index is 13.1. The lowest BCUT2D eigenvalue weighted by Gasteiger charge is -2.48. The molecule has 0 bridgehead atoms. The molecular weight excluding hydrogens is 264 g/mol. The van der Waals surface area contributed by atoms with Crippen molar-refractivity contribution >= 4 is 5.91 Å². The molecular formula is C17H34N2O2. The largest absolute Gasteiger partial charge is 0.383 e. The van der Waals surface area contributed by atoms with Crippen molar-refractivity contribution in [3.63, 3.8) is 0 Å². The van der Waals surface area contributed by atoms with Gasteiger partial charge in [0.1, 0.15) is 0 Å². The van der Waals surface area contributed by atoms with Crippen LogP contribution in [0.3, 0.4) is 0 Å². The third-order valence-corrected chi connectivity index (χ3v) is 5.74. The first-order valence-electron chi connectivity index (χ1n) is 8.32. The summed E-state index contributed by atoms with van der Waals surface area (Å²) in [6, 6.07) is 0.467. The number of methoxy groups -OCH3 is 1. The van der Waals surface area contributed by atoms with Crippen LogP contribution in [0, 0.1) is 17.3 Å². The van der Waals surface area contributed by atoms with Crippen molar-refractivity contribution in [1.82, 2.24) is 4.90 Å². The van der Waals surface area contributed by atoms with E-state index >= 15 is 0 Å². The second-order valence-electron chi connectivity index (χ2n) is 7.19. The molecule has 1 fully saturated rings. The van der Waals surface area contributed by atoms with Gasteiger partial charge >= 0.3 is 0 Å². The van der Waals surface area contributed by atoms with E-state index in [9.17, 15) is 4.79 Å². The molecule has 124 valence electrons. The summed E-state index contributed by atoms with van der Waals surface area (Å²) in [7, 11) is 1.69. The Morgan fingerprint density at radius 3 is 2.57 bits per heavy atom. The number of hydrogen-bond acceptors (Lipinski definition) is 3. The van der Waals surface area contributed by atoms with Gasteiger partial charge in [0, 0.05) is 31.7 Å². The van der Waals surface area contributed by atoms with Gasteiger partial charge in [0.25, 0.3) is 0 Å². The molecule has 1 aliphatic rings.